The third-order valence-corrected chi connectivity index (χ3v) is 9.83. The van der Waals surface area contributed by atoms with Gasteiger partial charge in [-0.05, 0) is 0 Å². The summed E-state index contributed by atoms with van der Waals surface area (Å²) in [7, 11) is -16.3. The SMILES string of the molecule is CC(=O)O.CC(C)(COP(=O)(O)OP(=O)(O)OC[C@H]1O[C@@H](n2cnc3c(N)ncnc32)[C@H](O)[C@@H]1OP(=O)(O)O)[C@@H](O)C(=O)NCCC(=O)NCCS. The highest BCUT2D eigenvalue weighted by Gasteiger charge is 2.50. The molecule has 2 aromatic rings. The van der Waals surface area contributed by atoms with Gasteiger partial charge in [0.1, 0.15) is 36.3 Å². The number of aliphatic carboxylic acids is 1. The molecule has 2 aromatic heterocycles. The number of fused-ring (bicyclic) bond motifs is 1. The third-order valence-electron chi connectivity index (χ3n) is 6.51. The monoisotopic (exact) mass is 827 g/mol. The van der Waals surface area contributed by atoms with Crippen LogP contribution in [0.5, 0.6) is 0 Å². The van der Waals surface area contributed by atoms with Crippen LogP contribution in [0.3, 0.4) is 0 Å². The molecule has 3 heterocycles. The standard InChI is InChI=1S/C21H36N7O16P3S.C2H4O2/c1-21(2,16(31)19(32)24-4-3-12(29)23-5-6-48)8-41-47(38,39)44-46(36,37)40-7-11-15(43-45(33,34)35)14(30)20(42-11)28-10-27-13-17(22)25-9-26-18(13)28;1-2(3)4/h9-11,14-16,20,30-31,48H,3-8H2,1-2H3,(H,23,29)(H,24,32)(H,36,37)(H,38,39)(H2,22,25,26)(H2,33,34,35);1H3,(H,3,4)/t11-,14-,15-,16+,20-;/m1./s1. The summed E-state index contributed by atoms with van der Waals surface area (Å²) in [4.78, 5) is 83.6. The van der Waals surface area contributed by atoms with Crippen LogP contribution >= 0.6 is 36.1 Å². The Morgan fingerprint density at radius 2 is 1.69 bits per heavy atom. The Labute approximate surface area is 300 Å². The van der Waals surface area contributed by atoms with Crippen molar-refractivity contribution in [3.8, 4) is 0 Å². The van der Waals surface area contributed by atoms with Crippen molar-refractivity contribution in [2.24, 2.45) is 5.41 Å². The first-order chi connectivity index (χ1) is 23.9. The number of amides is 2. The number of aliphatic hydroxyl groups excluding tert-OH is 2. The van der Waals surface area contributed by atoms with Crippen molar-refractivity contribution in [1.29, 1.82) is 0 Å². The normalized spacial score (nSPS) is 22.0. The number of phosphoric ester groups is 3. The first kappa shape index (κ1) is 45.5. The van der Waals surface area contributed by atoms with Gasteiger partial charge in [0.05, 0.1) is 19.5 Å². The van der Waals surface area contributed by atoms with Gasteiger partial charge in [-0.15, -0.1) is 0 Å². The summed E-state index contributed by atoms with van der Waals surface area (Å²) in [6.45, 7) is 1.81. The van der Waals surface area contributed by atoms with Gasteiger partial charge in [0.15, 0.2) is 17.7 Å². The zero-order valence-electron chi connectivity index (χ0n) is 27.6. The van der Waals surface area contributed by atoms with Crippen molar-refractivity contribution >= 4 is 70.9 Å². The molecule has 7 atom stereocenters. The van der Waals surface area contributed by atoms with Crippen LogP contribution in [0, 0.1) is 5.41 Å². The number of nitrogen functional groups attached to an aromatic ring is 1. The lowest BCUT2D eigenvalue weighted by molar-refractivity contribution is -0.137. The van der Waals surface area contributed by atoms with E-state index in [9.17, 15) is 53.1 Å². The molecule has 3 rings (SSSR count). The van der Waals surface area contributed by atoms with Gasteiger partial charge in [-0.1, -0.05) is 13.8 Å². The van der Waals surface area contributed by atoms with E-state index < -0.39 is 84.6 Å². The van der Waals surface area contributed by atoms with E-state index in [-0.39, 0.29) is 35.9 Å². The van der Waals surface area contributed by atoms with E-state index >= 15 is 0 Å². The van der Waals surface area contributed by atoms with Gasteiger partial charge in [0.2, 0.25) is 11.8 Å². The highest BCUT2D eigenvalue weighted by molar-refractivity contribution is 7.80. The minimum Gasteiger partial charge on any atom is -0.481 e. The van der Waals surface area contributed by atoms with Crippen LogP contribution in [-0.4, -0.2) is 129 Å². The zero-order chi connectivity index (χ0) is 39.7. The maximum Gasteiger partial charge on any atom is 0.481 e. The molecule has 0 radical (unpaired) electrons. The maximum absolute atomic E-state index is 12.6. The molecule has 296 valence electrons. The molecule has 0 spiro atoms. The number of phosphoric acid groups is 3. The minimum atomic E-state index is -5.54. The van der Waals surface area contributed by atoms with Gasteiger partial charge in [-0.25, -0.2) is 28.6 Å². The van der Waals surface area contributed by atoms with Crippen molar-refractivity contribution in [1.82, 2.24) is 30.2 Å². The molecule has 0 aliphatic carbocycles. The van der Waals surface area contributed by atoms with E-state index in [0.29, 0.717) is 12.3 Å². The second-order valence-electron chi connectivity index (χ2n) is 11.3. The second kappa shape index (κ2) is 19.1. The number of nitrogens with two attached hydrogens (primary N) is 1. The average molecular weight is 828 g/mol. The van der Waals surface area contributed by atoms with Crippen molar-refractivity contribution in [2.45, 2.75) is 57.8 Å². The molecule has 0 bridgehead atoms. The second-order valence-corrected chi connectivity index (χ2v) is 16.0. The van der Waals surface area contributed by atoms with E-state index in [4.69, 9.17) is 29.4 Å². The molecule has 1 aliphatic rings. The minimum absolute atomic E-state index is 0.0363. The summed E-state index contributed by atoms with van der Waals surface area (Å²) in [5.41, 5.74) is 4.30. The lowest BCUT2D eigenvalue weighted by Crippen LogP contribution is -2.46. The number of imidazole rings is 1. The molecule has 1 aliphatic heterocycles. The molecule has 2 unspecified atom stereocenters. The number of aliphatic hydroxyl groups is 2. The Morgan fingerprint density at radius 1 is 1.08 bits per heavy atom. The summed E-state index contributed by atoms with van der Waals surface area (Å²) >= 11 is 3.95. The fraction of sp³-hybridized carbons (Fsp3) is 0.652. The molecule has 25 nitrogen and oxygen atoms in total. The van der Waals surface area contributed by atoms with Gasteiger partial charge in [0.25, 0.3) is 5.97 Å². The van der Waals surface area contributed by atoms with E-state index in [0.717, 1.165) is 24.1 Å². The van der Waals surface area contributed by atoms with E-state index in [1.54, 1.807) is 0 Å². The fourth-order valence-corrected chi connectivity index (χ4v) is 7.08. The Hall–Kier alpha value is -2.64. The Balaban J connectivity index is 0.00000222. The lowest BCUT2D eigenvalue weighted by Gasteiger charge is -2.30. The number of carbonyl (C=O) groups excluding carboxylic acids is 2. The summed E-state index contributed by atoms with van der Waals surface area (Å²) in [6, 6.07) is 0. The zero-order valence-corrected chi connectivity index (χ0v) is 31.1. The van der Waals surface area contributed by atoms with Crippen LogP contribution in [0.2, 0.25) is 0 Å². The molecule has 11 N–H and O–H groups in total. The number of carbonyl (C=O) groups is 3. The quantitative estimate of drug-likeness (QED) is 0.0597. The van der Waals surface area contributed by atoms with Crippen LogP contribution in [0.1, 0.15) is 33.4 Å². The number of hydrogen-bond donors (Lipinski definition) is 11. The number of nitrogens with zero attached hydrogens (tertiary/aromatic N) is 4. The number of rotatable bonds is 18. The maximum atomic E-state index is 12.6. The number of anilines is 1. The fourth-order valence-electron chi connectivity index (χ4n) is 4.14. The third kappa shape index (κ3) is 14.3. The van der Waals surface area contributed by atoms with Crippen LogP contribution in [0.4, 0.5) is 5.82 Å². The van der Waals surface area contributed by atoms with Crippen LogP contribution in [-0.2, 0) is 50.7 Å². The van der Waals surface area contributed by atoms with Crippen molar-refractivity contribution in [3.05, 3.63) is 12.7 Å². The van der Waals surface area contributed by atoms with Crippen molar-refractivity contribution in [2.75, 3.05) is 37.8 Å². The molecular weight excluding hydrogens is 787 g/mol. The van der Waals surface area contributed by atoms with Crippen molar-refractivity contribution in [3.63, 3.8) is 0 Å². The Morgan fingerprint density at radius 3 is 2.29 bits per heavy atom. The highest BCUT2D eigenvalue weighted by Crippen LogP contribution is 2.61. The predicted octanol–water partition coefficient (Wildman–Crippen LogP) is -1.57. The summed E-state index contributed by atoms with van der Waals surface area (Å²) < 4.78 is 61.7. The molecular formula is C23H40N7O18P3S. The number of ether oxygens (including phenoxy) is 1. The van der Waals surface area contributed by atoms with Gasteiger partial charge < -0.3 is 56.0 Å². The molecule has 29 heteroatoms. The number of hydrogen-bond acceptors (Lipinski definition) is 18. The van der Waals surface area contributed by atoms with Crippen LogP contribution in [0.15, 0.2) is 12.7 Å². The first-order valence-corrected chi connectivity index (χ1v) is 19.7. The summed E-state index contributed by atoms with van der Waals surface area (Å²) in [5.74, 6) is -1.78. The van der Waals surface area contributed by atoms with E-state index in [1.807, 2.05) is 0 Å². The molecule has 0 saturated carbocycles. The number of thiol groups is 1. The lowest BCUT2D eigenvalue weighted by atomic mass is 9.87. The van der Waals surface area contributed by atoms with Gasteiger partial charge >= 0.3 is 23.5 Å². The number of carboxylic acids is 1. The number of nitrogens with one attached hydrogen (secondary N) is 2. The van der Waals surface area contributed by atoms with Gasteiger partial charge in [-0.3, -0.25) is 32.5 Å². The molecule has 1 saturated heterocycles. The van der Waals surface area contributed by atoms with E-state index in [1.165, 1.54) is 13.8 Å². The summed E-state index contributed by atoms with van der Waals surface area (Å²) in [6.07, 6.45) is -6.74. The smallest absolute Gasteiger partial charge is 0.481 e. The average Bonchev–Trinajstić information content (AvgIpc) is 3.57. The Kier molecular flexibility index (Phi) is 16.7. The number of aromatic nitrogens is 4. The largest absolute Gasteiger partial charge is 0.481 e. The van der Waals surface area contributed by atoms with Crippen LogP contribution in [0.25, 0.3) is 11.2 Å². The summed E-state index contributed by atoms with van der Waals surface area (Å²) in [5, 5.41) is 33.5. The topological polar surface area (TPSA) is 384 Å². The Bertz CT molecular complexity index is 1690. The predicted molar refractivity (Wildman–Crippen MR) is 177 cm³/mol. The molecule has 52 heavy (non-hydrogen) atoms. The first-order valence-electron chi connectivity index (χ1n) is 14.6. The van der Waals surface area contributed by atoms with Crippen molar-refractivity contribution < 1.29 is 85.6 Å². The van der Waals surface area contributed by atoms with Gasteiger partial charge in [0, 0.05) is 37.6 Å². The molecule has 1 fully saturated rings. The highest BCUT2D eigenvalue weighted by atomic mass is 32.1. The van der Waals surface area contributed by atoms with E-state index in [2.05, 4.69) is 47.0 Å². The van der Waals surface area contributed by atoms with Gasteiger partial charge in [-0.2, -0.15) is 16.9 Å². The molecule has 2 amide bonds. The molecule has 0 aromatic carbocycles. The van der Waals surface area contributed by atoms with Crippen LogP contribution < -0.4 is 16.4 Å². The number of carboxylic acid groups (broad SMARTS) is 1.